The number of hydrogen-bond acceptors (Lipinski definition) is 6. The molecule has 140 valence electrons. The molecule has 0 spiro atoms. The zero-order valence-electron chi connectivity index (χ0n) is 15.1. The van der Waals surface area contributed by atoms with Crippen LogP contribution < -0.4 is 4.74 Å². The minimum Gasteiger partial charge on any atom is -0.494 e. The first-order valence-corrected chi connectivity index (χ1v) is 9.45. The SMILES string of the molecule is CCOc1ccccc1[C@H](C[N+](=O)[O-])Sc1nnc(C)n1-c1ccccc1. The van der Waals surface area contributed by atoms with E-state index in [0.717, 1.165) is 17.1 Å². The van der Waals surface area contributed by atoms with Gasteiger partial charge in [-0.2, -0.15) is 0 Å². The Morgan fingerprint density at radius 2 is 1.85 bits per heavy atom. The summed E-state index contributed by atoms with van der Waals surface area (Å²) in [5, 5.41) is 19.9. The molecule has 0 amide bonds. The molecule has 1 aromatic heterocycles. The van der Waals surface area contributed by atoms with E-state index in [-0.39, 0.29) is 11.5 Å². The Labute approximate surface area is 161 Å². The molecule has 27 heavy (non-hydrogen) atoms. The van der Waals surface area contributed by atoms with Gasteiger partial charge in [0.15, 0.2) is 5.16 Å². The molecule has 0 fully saturated rings. The summed E-state index contributed by atoms with van der Waals surface area (Å²) in [7, 11) is 0. The van der Waals surface area contributed by atoms with Gasteiger partial charge in [-0.1, -0.05) is 48.2 Å². The molecule has 7 nitrogen and oxygen atoms in total. The third kappa shape index (κ3) is 4.46. The van der Waals surface area contributed by atoms with Crippen LogP contribution in [0.1, 0.15) is 23.6 Å². The van der Waals surface area contributed by atoms with Gasteiger partial charge >= 0.3 is 0 Å². The Bertz CT molecular complexity index is 914. The lowest BCUT2D eigenvalue weighted by molar-refractivity contribution is -0.479. The first kappa shape index (κ1) is 18.9. The second-order valence-electron chi connectivity index (χ2n) is 5.79. The lowest BCUT2D eigenvalue weighted by Gasteiger charge is -2.17. The molecule has 0 N–H and O–H groups in total. The van der Waals surface area contributed by atoms with Crippen molar-refractivity contribution in [1.82, 2.24) is 14.8 Å². The zero-order valence-corrected chi connectivity index (χ0v) is 15.9. The quantitative estimate of drug-likeness (QED) is 0.330. The molecule has 8 heteroatoms. The Morgan fingerprint density at radius 1 is 1.15 bits per heavy atom. The second kappa shape index (κ2) is 8.68. The van der Waals surface area contributed by atoms with Crippen molar-refractivity contribution in [1.29, 1.82) is 0 Å². The van der Waals surface area contributed by atoms with E-state index in [4.69, 9.17) is 4.74 Å². The number of aryl methyl sites for hydroxylation is 1. The van der Waals surface area contributed by atoms with E-state index < -0.39 is 5.25 Å². The average Bonchev–Trinajstić information content (AvgIpc) is 3.02. The maximum absolute atomic E-state index is 11.3. The molecule has 0 radical (unpaired) electrons. The Hall–Kier alpha value is -2.87. The minimum atomic E-state index is -0.450. The molecule has 0 aliphatic rings. The average molecular weight is 384 g/mol. The van der Waals surface area contributed by atoms with Gasteiger partial charge in [-0.3, -0.25) is 14.7 Å². The highest BCUT2D eigenvalue weighted by molar-refractivity contribution is 7.99. The predicted molar refractivity (Wildman–Crippen MR) is 104 cm³/mol. The molecule has 0 saturated heterocycles. The van der Waals surface area contributed by atoms with Gasteiger partial charge in [-0.25, -0.2) is 0 Å². The van der Waals surface area contributed by atoms with Crippen LogP contribution in [0, 0.1) is 17.0 Å². The summed E-state index contributed by atoms with van der Waals surface area (Å²) in [5.41, 5.74) is 1.70. The van der Waals surface area contributed by atoms with E-state index in [1.165, 1.54) is 11.8 Å². The van der Waals surface area contributed by atoms with Crippen LogP contribution in [-0.4, -0.2) is 32.8 Å². The zero-order chi connectivity index (χ0) is 19.2. The standard InChI is InChI=1S/C19H20N4O3S/c1-3-26-17-12-8-7-11-16(17)18(13-22(24)25)27-19-21-20-14(2)23(19)15-9-5-4-6-10-15/h4-12,18H,3,13H2,1-2H3/t18-/m0/s1. The number of nitro groups is 1. The highest BCUT2D eigenvalue weighted by Crippen LogP contribution is 2.39. The highest BCUT2D eigenvalue weighted by atomic mass is 32.2. The van der Waals surface area contributed by atoms with Gasteiger partial charge < -0.3 is 4.74 Å². The van der Waals surface area contributed by atoms with E-state index in [1.807, 2.05) is 73.0 Å². The molecule has 1 heterocycles. The summed E-state index contributed by atoms with van der Waals surface area (Å²) < 4.78 is 7.58. The number of rotatable bonds is 8. The summed E-state index contributed by atoms with van der Waals surface area (Å²) in [6.07, 6.45) is 0. The molecule has 0 aliphatic carbocycles. The van der Waals surface area contributed by atoms with Crippen molar-refractivity contribution >= 4 is 11.8 Å². The molecular formula is C19H20N4O3S. The lowest BCUT2D eigenvalue weighted by Crippen LogP contribution is -2.12. The molecule has 0 unspecified atom stereocenters. The van der Waals surface area contributed by atoms with E-state index in [9.17, 15) is 10.1 Å². The number of aromatic nitrogens is 3. The Balaban J connectivity index is 1.99. The maximum Gasteiger partial charge on any atom is 0.220 e. The fourth-order valence-corrected chi connectivity index (χ4v) is 3.99. The number of para-hydroxylation sites is 2. The summed E-state index contributed by atoms with van der Waals surface area (Å²) in [6.45, 7) is 4.00. The van der Waals surface area contributed by atoms with Gasteiger partial charge in [-0.15, -0.1) is 10.2 Å². The van der Waals surface area contributed by atoms with E-state index in [0.29, 0.717) is 17.5 Å². The number of thioether (sulfide) groups is 1. The Morgan fingerprint density at radius 3 is 2.56 bits per heavy atom. The molecule has 0 bridgehead atoms. The number of hydrogen-bond donors (Lipinski definition) is 0. The Kier molecular flexibility index (Phi) is 6.08. The smallest absolute Gasteiger partial charge is 0.220 e. The molecule has 1 atom stereocenters. The van der Waals surface area contributed by atoms with Crippen LogP contribution in [0.5, 0.6) is 5.75 Å². The molecular weight excluding hydrogens is 364 g/mol. The minimum absolute atomic E-state index is 0.241. The number of benzene rings is 2. The van der Waals surface area contributed by atoms with Gasteiger partial charge in [0.25, 0.3) is 0 Å². The third-order valence-electron chi connectivity index (χ3n) is 3.94. The number of nitrogens with zero attached hydrogens (tertiary/aromatic N) is 4. The number of ether oxygens (including phenoxy) is 1. The van der Waals surface area contributed by atoms with Gasteiger partial charge in [0.05, 0.1) is 6.61 Å². The second-order valence-corrected chi connectivity index (χ2v) is 6.96. The summed E-state index contributed by atoms with van der Waals surface area (Å²) in [6, 6.07) is 17.1. The monoisotopic (exact) mass is 384 g/mol. The first-order chi connectivity index (χ1) is 13.1. The van der Waals surface area contributed by atoms with Gasteiger partial charge in [0, 0.05) is 16.2 Å². The highest BCUT2D eigenvalue weighted by Gasteiger charge is 2.26. The van der Waals surface area contributed by atoms with Crippen LogP contribution in [0.25, 0.3) is 5.69 Å². The maximum atomic E-state index is 11.3. The summed E-state index contributed by atoms with van der Waals surface area (Å²) >= 11 is 1.32. The molecule has 3 aromatic rings. The summed E-state index contributed by atoms with van der Waals surface area (Å²) in [4.78, 5) is 11.0. The lowest BCUT2D eigenvalue weighted by atomic mass is 10.1. The van der Waals surface area contributed by atoms with Crippen molar-refractivity contribution in [3.8, 4) is 11.4 Å². The summed E-state index contributed by atoms with van der Waals surface area (Å²) in [5.74, 6) is 1.38. The van der Waals surface area contributed by atoms with Crippen molar-refractivity contribution in [3.05, 3.63) is 76.1 Å². The van der Waals surface area contributed by atoms with Crippen LogP contribution >= 0.6 is 11.8 Å². The normalized spacial score (nSPS) is 11.9. The fourth-order valence-electron chi connectivity index (χ4n) is 2.79. The van der Waals surface area contributed by atoms with Crippen molar-refractivity contribution in [2.75, 3.05) is 13.2 Å². The van der Waals surface area contributed by atoms with E-state index >= 15 is 0 Å². The molecule has 0 aliphatic heterocycles. The van der Waals surface area contributed by atoms with E-state index in [1.54, 1.807) is 0 Å². The van der Waals surface area contributed by atoms with Crippen molar-refractivity contribution < 1.29 is 9.66 Å². The molecule has 0 saturated carbocycles. The van der Waals surface area contributed by atoms with Crippen LogP contribution in [0.3, 0.4) is 0 Å². The first-order valence-electron chi connectivity index (χ1n) is 8.57. The van der Waals surface area contributed by atoms with Crippen LogP contribution in [0.15, 0.2) is 59.8 Å². The van der Waals surface area contributed by atoms with Gasteiger partial charge in [0.2, 0.25) is 6.54 Å². The fraction of sp³-hybridized carbons (Fsp3) is 0.263. The van der Waals surface area contributed by atoms with Crippen LogP contribution in [0.4, 0.5) is 0 Å². The largest absolute Gasteiger partial charge is 0.494 e. The van der Waals surface area contributed by atoms with Crippen molar-refractivity contribution in [2.24, 2.45) is 0 Å². The predicted octanol–water partition coefficient (Wildman–Crippen LogP) is 4.08. The third-order valence-corrected chi connectivity index (χ3v) is 5.10. The van der Waals surface area contributed by atoms with Crippen molar-refractivity contribution in [2.45, 2.75) is 24.3 Å². The topological polar surface area (TPSA) is 83.1 Å². The van der Waals surface area contributed by atoms with Crippen LogP contribution in [0.2, 0.25) is 0 Å². The molecule has 3 rings (SSSR count). The van der Waals surface area contributed by atoms with Crippen LogP contribution in [-0.2, 0) is 0 Å². The molecule has 2 aromatic carbocycles. The van der Waals surface area contributed by atoms with Crippen molar-refractivity contribution in [3.63, 3.8) is 0 Å². The van der Waals surface area contributed by atoms with Gasteiger partial charge in [-0.05, 0) is 32.0 Å². The van der Waals surface area contributed by atoms with E-state index in [2.05, 4.69) is 10.2 Å². The van der Waals surface area contributed by atoms with Gasteiger partial charge in [0.1, 0.15) is 16.8 Å².